The van der Waals surface area contributed by atoms with E-state index in [1.54, 1.807) is 11.8 Å². The normalized spacial score (nSPS) is 16.2. The second-order valence-corrected chi connectivity index (χ2v) is 5.25. The molecule has 0 aliphatic heterocycles. The largest absolute Gasteiger partial charge is 0.278 e. The van der Waals surface area contributed by atoms with Crippen LogP contribution in [0.3, 0.4) is 0 Å². The van der Waals surface area contributed by atoms with Crippen LogP contribution in [-0.2, 0) is 0 Å². The molecule has 16 heavy (non-hydrogen) atoms. The standard InChI is InChI=1S/C12H25N3S/c1-6-7-11(10(4)15-13)14-12(16-5)8-9(2)3/h6,9-11,15H,1,7-8,13H2,2-5H3/t10-,11?/m0/s1. The monoisotopic (exact) mass is 243 g/mol. The van der Waals surface area contributed by atoms with Crippen LogP contribution in [0.1, 0.15) is 33.6 Å². The summed E-state index contributed by atoms with van der Waals surface area (Å²) in [4.78, 5) is 4.76. The minimum atomic E-state index is 0.173. The third-order valence-electron chi connectivity index (χ3n) is 2.38. The molecule has 2 atom stereocenters. The Labute approximate surface area is 104 Å². The molecule has 0 amide bonds. The number of hydrogen-bond acceptors (Lipinski definition) is 4. The third-order valence-corrected chi connectivity index (χ3v) is 3.12. The highest BCUT2D eigenvalue weighted by atomic mass is 32.2. The lowest BCUT2D eigenvalue weighted by atomic mass is 10.1. The first-order valence-electron chi connectivity index (χ1n) is 5.72. The van der Waals surface area contributed by atoms with Gasteiger partial charge in [0.1, 0.15) is 0 Å². The van der Waals surface area contributed by atoms with Crippen LogP contribution in [0, 0.1) is 5.92 Å². The summed E-state index contributed by atoms with van der Waals surface area (Å²) < 4.78 is 0. The zero-order valence-corrected chi connectivity index (χ0v) is 11.7. The maximum atomic E-state index is 5.46. The van der Waals surface area contributed by atoms with Crippen LogP contribution < -0.4 is 11.3 Å². The minimum Gasteiger partial charge on any atom is -0.278 e. The summed E-state index contributed by atoms with van der Waals surface area (Å²) in [6.07, 6.45) is 5.86. The molecule has 0 rings (SSSR count). The molecule has 0 aromatic carbocycles. The highest BCUT2D eigenvalue weighted by Gasteiger charge is 2.14. The van der Waals surface area contributed by atoms with Crippen molar-refractivity contribution in [2.45, 2.75) is 45.7 Å². The minimum absolute atomic E-state index is 0.173. The summed E-state index contributed by atoms with van der Waals surface area (Å²) >= 11 is 1.73. The van der Waals surface area contributed by atoms with Crippen molar-refractivity contribution in [3.8, 4) is 0 Å². The van der Waals surface area contributed by atoms with Gasteiger partial charge in [-0.3, -0.25) is 16.3 Å². The van der Waals surface area contributed by atoms with Gasteiger partial charge in [0.25, 0.3) is 0 Å². The fourth-order valence-electron chi connectivity index (χ4n) is 1.37. The number of nitrogens with two attached hydrogens (primary N) is 1. The second kappa shape index (κ2) is 8.79. The molecule has 0 bridgehead atoms. The molecule has 0 heterocycles. The topological polar surface area (TPSA) is 50.4 Å². The van der Waals surface area contributed by atoms with E-state index in [2.05, 4.69) is 32.1 Å². The first-order valence-corrected chi connectivity index (χ1v) is 6.95. The van der Waals surface area contributed by atoms with E-state index in [0.717, 1.165) is 12.8 Å². The van der Waals surface area contributed by atoms with Crippen LogP contribution in [0.4, 0.5) is 0 Å². The Hall–Kier alpha value is -0.320. The Morgan fingerprint density at radius 3 is 2.50 bits per heavy atom. The van der Waals surface area contributed by atoms with E-state index in [1.165, 1.54) is 5.04 Å². The van der Waals surface area contributed by atoms with Crippen molar-refractivity contribution >= 4 is 16.8 Å². The first kappa shape index (κ1) is 15.7. The molecule has 0 aliphatic rings. The molecular formula is C12H25N3S. The summed E-state index contributed by atoms with van der Waals surface area (Å²) in [5, 5.41) is 1.20. The third kappa shape index (κ3) is 6.30. The van der Waals surface area contributed by atoms with Gasteiger partial charge < -0.3 is 0 Å². The molecular weight excluding hydrogens is 218 g/mol. The van der Waals surface area contributed by atoms with Gasteiger partial charge in [-0.25, -0.2) is 0 Å². The van der Waals surface area contributed by atoms with E-state index < -0.39 is 0 Å². The van der Waals surface area contributed by atoms with Crippen molar-refractivity contribution in [2.24, 2.45) is 16.8 Å². The lowest BCUT2D eigenvalue weighted by Crippen LogP contribution is -2.41. The van der Waals surface area contributed by atoms with Gasteiger partial charge >= 0.3 is 0 Å². The molecule has 0 radical (unpaired) electrons. The Bertz CT molecular complexity index is 226. The summed E-state index contributed by atoms with van der Waals surface area (Å²) in [6, 6.07) is 0.357. The summed E-state index contributed by atoms with van der Waals surface area (Å²) in [5.74, 6) is 6.10. The lowest BCUT2D eigenvalue weighted by Gasteiger charge is -2.20. The van der Waals surface area contributed by atoms with Crippen molar-refractivity contribution in [2.75, 3.05) is 6.26 Å². The highest BCUT2D eigenvalue weighted by molar-refractivity contribution is 8.13. The Morgan fingerprint density at radius 2 is 2.12 bits per heavy atom. The molecule has 0 aromatic rings. The molecule has 0 fully saturated rings. The molecule has 0 saturated carbocycles. The van der Waals surface area contributed by atoms with Crippen LogP contribution >= 0.6 is 11.8 Å². The Morgan fingerprint density at radius 1 is 1.50 bits per heavy atom. The molecule has 3 nitrogen and oxygen atoms in total. The lowest BCUT2D eigenvalue weighted by molar-refractivity contribution is 0.471. The van der Waals surface area contributed by atoms with Crippen molar-refractivity contribution in [3.05, 3.63) is 12.7 Å². The van der Waals surface area contributed by atoms with Crippen LogP contribution in [0.5, 0.6) is 0 Å². The number of nitrogens with zero attached hydrogens (tertiary/aromatic N) is 1. The number of hydrogen-bond donors (Lipinski definition) is 2. The van der Waals surface area contributed by atoms with Gasteiger partial charge in [-0.2, -0.15) is 0 Å². The number of thioether (sulfide) groups is 1. The van der Waals surface area contributed by atoms with Crippen LogP contribution in [-0.4, -0.2) is 23.4 Å². The number of aliphatic imine (C=N–C) groups is 1. The van der Waals surface area contributed by atoms with Crippen LogP contribution in [0.15, 0.2) is 17.6 Å². The quantitative estimate of drug-likeness (QED) is 0.237. The zero-order chi connectivity index (χ0) is 12.6. The molecule has 0 aromatic heterocycles. The van der Waals surface area contributed by atoms with Gasteiger partial charge in [0.15, 0.2) is 0 Å². The molecule has 3 N–H and O–H groups in total. The fourth-order valence-corrected chi connectivity index (χ4v) is 2.11. The maximum Gasteiger partial charge on any atom is 0.0707 e. The van der Waals surface area contributed by atoms with Gasteiger partial charge in [0.05, 0.1) is 11.1 Å². The number of nitrogens with one attached hydrogen (secondary N) is 1. The van der Waals surface area contributed by atoms with E-state index in [-0.39, 0.29) is 12.1 Å². The summed E-state index contributed by atoms with van der Waals surface area (Å²) in [5.41, 5.74) is 2.77. The molecule has 1 unspecified atom stereocenters. The predicted molar refractivity (Wildman–Crippen MR) is 75.8 cm³/mol. The predicted octanol–water partition coefficient (Wildman–Crippen LogP) is 2.59. The van der Waals surface area contributed by atoms with Crippen molar-refractivity contribution in [1.29, 1.82) is 0 Å². The van der Waals surface area contributed by atoms with Crippen molar-refractivity contribution in [1.82, 2.24) is 5.43 Å². The highest BCUT2D eigenvalue weighted by Crippen LogP contribution is 2.14. The van der Waals surface area contributed by atoms with E-state index >= 15 is 0 Å². The first-order chi connectivity index (χ1) is 7.54. The molecule has 0 saturated heterocycles. The van der Waals surface area contributed by atoms with Crippen molar-refractivity contribution in [3.63, 3.8) is 0 Å². The second-order valence-electron chi connectivity index (χ2n) is 4.37. The van der Waals surface area contributed by atoms with Crippen molar-refractivity contribution < 1.29 is 0 Å². The SMILES string of the molecule is C=CCC(N=C(CC(C)C)SC)[C@H](C)NN. The number of hydrazine groups is 1. The van der Waals surface area contributed by atoms with E-state index in [1.807, 2.05) is 13.0 Å². The number of rotatable bonds is 7. The van der Waals surface area contributed by atoms with E-state index in [4.69, 9.17) is 10.8 Å². The molecule has 4 heteroatoms. The maximum absolute atomic E-state index is 5.46. The zero-order valence-electron chi connectivity index (χ0n) is 10.9. The van der Waals surface area contributed by atoms with E-state index in [0.29, 0.717) is 5.92 Å². The molecule has 94 valence electrons. The average Bonchev–Trinajstić information content (AvgIpc) is 2.25. The van der Waals surface area contributed by atoms with Gasteiger partial charge in [0.2, 0.25) is 0 Å². The van der Waals surface area contributed by atoms with Gasteiger partial charge in [-0.15, -0.1) is 18.3 Å². The Kier molecular flexibility index (Phi) is 8.61. The summed E-state index contributed by atoms with van der Waals surface area (Å²) in [6.45, 7) is 10.2. The smallest absolute Gasteiger partial charge is 0.0707 e. The van der Waals surface area contributed by atoms with Gasteiger partial charge in [0, 0.05) is 6.04 Å². The van der Waals surface area contributed by atoms with Crippen LogP contribution in [0.2, 0.25) is 0 Å². The molecule has 0 aliphatic carbocycles. The summed E-state index contributed by atoms with van der Waals surface area (Å²) in [7, 11) is 0. The van der Waals surface area contributed by atoms with Crippen LogP contribution in [0.25, 0.3) is 0 Å². The fraction of sp³-hybridized carbons (Fsp3) is 0.750. The molecule has 0 spiro atoms. The Balaban J connectivity index is 4.62. The average molecular weight is 243 g/mol. The van der Waals surface area contributed by atoms with Gasteiger partial charge in [-0.05, 0) is 31.9 Å². The van der Waals surface area contributed by atoms with E-state index in [9.17, 15) is 0 Å². The van der Waals surface area contributed by atoms with Gasteiger partial charge in [-0.1, -0.05) is 19.9 Å².